The van der Waals surface area contributed by atoms with Gasteiger partial charge in [-0.05, 0) is 12.3 Å². The van der Waals surface area contributed by atoms with Crippen LogP contribution in [0.15, 0.2) is 0 Å². The molecule has 3 N–H and O–H groups in total. The van der Waals surface area contributed by atoms with Gasteiger partial charge in [-0.15, -0.1) is 0 Å². The maximum atomic E-state index is 11.3. The van der Waals surface area contributed by atoms with Gasteiger partial charge in [0.2, 0.25) is 0 Å². The summed E-state index contributed by atoms with van der Waals surface area (Å²) in [6.07, 6.45) is -3.47. The van der Waals surface area contributed by atoms with E-state index < -0.39 is 32.2 Å². The molecule has 0 bridgehead atoms. The smallest absolute Gasteiger partial charge is 0.390 e. The molecule has 0 aromatic heterocycles. The Morgan fingerprint density at radius 2 is 1.82 bits per heavy atom. The maximum Gasteiger partial charge on any atom is 0.472 e. The highest BCUT2D eigenvalue weighted by molar-refractivity contribution is 7.47. The molecule has 0 heterocycles. The number of hydrogen-bond acceptors (Lipinski definition) is 6. The molecular formula is C9H19O7P. The predicted octanol–water partition coefficient (Wildman–Crippen LogP) is -0.105. The lowest BCUT2D eigenvalue weighted by atomic mass is 9.82. The first-order valence-electron chi connectivity index (χ1n) is 5.28. The molecule has 1 rings (SSSR count). The topological polar surface area (TPSA) is 105 Å². The lowest BCUT2D eigenvalue weighted by Crippen LogP contribution is -2.54. The van der Waals surface area contributed by atoms with Crippen molar-refractivity contribution in [1.29, 1.82) is 0 Å². The van der Waals surface area contributed by atoms with Gasteiger partial charge in [0, 0.05) is 14.2 Å². The number of phosphoric ester groups is 1. The zero-order valence-electron chi connectivity index (χ0n) is 10.0. The molecule has 7 nitrogen and oxygen atoms in total. The Morgan fingerprint density at radius 1 is 1.24 bits per heavy atom. The number of methoxy groups -OCH3 is 1. The van der Waals surface area contributed by atoms with Crippen LogP contribution < -0.4 is 0 Å². The van der Waals surface area contributed by atoms with Crippen LogP contribution in [0.3, 0.4) is 0 Å². The molecule has 0 aliphatic heterocycles. The van der Waals surface area contributed by atoms with Crippen molar-refractivity contribution in [2.45, 2.75) is 37.8 Å². The normalized spacial score (nSPS) is 42.1. The largest absolute Gasteiger partial charge is 0.472 e. The molecule has 1 fully saturated rings. The maximum absolute atomic E-state index is 11.3. The van der Waals surface area contributed by atoms with Crippen LogP contribution in [-0.4, -0.2) is 53.7 Å². The van der Waals surface area contributed by atoms with Gasteiger partial charge in [-0.3, -0.25) is 9.05 Å². The van der Waals surface area contributed by atoms with E-state index in [-0.39, 0.29) is 5.92 Å². The highest BCUT2D eigenvalue weighted by Crippen LogP contribution is 2.46. The van der Waals surface area contributed by atoms with Gasteiger partial charge < -0.3 is 19.8 Å². The molecule has 1 saturated carbocycles. The second-order valence-corrected chi connectivity index (χ2v) is 5.70. The molecule has 8 heteroatoms. The van der Waals surface area contributed by atoms with Crippen molar-refractivity contribution in [2.75, 3.05) is 14.2 Å². The van der Waals surface area contributed by atoms with Crippen molar-refractivity contribution in [3.8, 4) is 0 Å². The highest BCUT2D eigenvalue weighted by Gasteiger charge is 2.45. The predicted molar refractivity (Wildman–Crippen MR) is 58.3 cm³/mol. The molecule has 0 saturated heterocycles. The molecule has 0 aromatic rings. The summed E-state index contributed by atoms with van der Waals surface area (Å²) in [5.41, 5.74) is 0. The summed E-state index contributed by atoms with van der Waals surface area (Å²) >= 11 is 0. The summed E-state index contributed by atoms with van der Waals surface area (Å²) < 4.78 is 25.6. The number of ether oxygens (including phenoxy) is 1. The zero-order chi connectivity index (χ0) is 13.2. The molecule has 1 aliphatic carbocycles. The Balaban J connectivity index is 2.79. The van der Waals surface area contributed by atoms with Crippen LogP contribution in [0.25, 0.3) is 0 Å². The summed E-state index contributed by atoms with van der Waals surface area (Å²) in [6.45, 7) is 1.71. The molecule has 1 unspecified atom stereocenters. The van der Waals surface area contributed by atoms with E-state index >= 15 is 0 Å². The summed E-state index contributed by atoms with van der Waals surface area (Å²) in [5.74, 6) is -0.266. The van der Waals surface area contributed by atoms with Gasteiger partial charge in [-0.25, -0.2) is 4.57 Å². The van der Waals surface area contributed by atoms with E-state index in [0.29, 0.717) is 6.42 Å². The van der Waals surface area contributed by atoms with E-state index in [1.54, 1.807) is 6.92 Å². The Labute approximate surface area is 99.9 Å². The Morgan fingerprint density at radius 3 is 2.29 bits per heavy atom. The third-order valence-electron chi connectivity index (χ3n) is 3.01. The van der Waals surface area contributed by atoms with Crippen LogP contribution in [0.1, 0.15) is 13.3 Å². The van der Waals surface area contributed by atoms with E-state index in [1.165, 1.54) is 7.11 Å². The lowest BCUT2D eigenvalue weighted by Gasteiger charge is -2.40. The lowest BCUT2D eigenvalue weighted by molar-refractivity contribution is -0.162. The standard InChI is InChI=1S/C9H19O7P/c1-5-4-6(16-17(12,13)15-3)9(14-2)8(11)7(5)10/h5-11H,4H2,1-3H3,(H,12,13)/t5-,6-,7+,8-,9+/m1/s1. The van der Waals surface area contributed by atoms with E-state index in [9.17, 15) is 19.7 Å². The van der Waals surface area contributed by atoms with Crippen LogP contribution in [0.5, 0.6) is 0 Å². The average Bonchev–Trinajstić information content (AvgIpc) is 2.26. The van der Waals surface area contributed by atoms with Crippen LogP contribution in [0.2, 0.25) is 0 Å². The average molecular weight is 270 g/mol. The molecule has 0 spiro atoms. The Hall–Kier alpha value is -0.0100. The molecule has 1 aliphatic rings. The van der Waals surface area contributed by atoms with Crippen molar-refractivity contribution < 1.29 is 33.5 Å². The van der Waals surface area contributed by atoms with Gasteiger partial charge in [-0.2, -0.15) is 0 Å². The van der Waals surface area contributed by atoms with Gasteiger partial charge in [0.15, 0.2) is 0 Å². The fourth-order valence-electron chi connectivity index (χ4n) is 2.00. The molecule has 0 amide bonds. The van der Waals surface area contributed by atoms with Crippen molar-refractivity contribution in [3.63, 3.8) is 0 Å². The molecule has 17 heavy (non-hydrogen) atoms. The Kier molecular flexibility index (Phi) is 5.09. The van der Waals surface area contributed by atoms with E-state index in [0.717, 1.165) is 7.11 Å². The zero-order valence-corrected chi connectivity index (χ0v) is 10.9. The number of phosphoric acid groups is 1. The molecule has 0 radical (unpaired) electrons. The fourth-order valence-corrected chi connectivity index (χ4v) is 2.63. The van der Waals surface area contributed by atoms with Crippen molar-refractivity contribution >= 4 is 7.82 Å². The minimum Gasteiger partial charge on any atom is -0.390 e. The first-order valence-corrected chi connectivity index (χ1v) is 6.77. The minimum atomic E-state index is -4.14. The second kappa shape index (κ2) is 5.75. The van der Waals surface area contributed by atoms with Crippen LogP contribution in [0.4, 0.5) is 0 Å². The summed E-state index contributed by atoms with van der Waals surface area (Å²) in [6, 6.07) is 0. The summed E-state index contributed by atoms with van der Waals surface area (Å²) in [4.78, 5) is 9.24. The third-order valence-corrected chi connectivity index (χ3v) is 4.01. The van der Waals surface area contributed by atoms with Crippen LogP contribution >= 0.6 is 7.82 Å². The number of aliphatic hydroxyl groups is 2. The Bertz CT molecular complexity index is 297. The van der Waals surface area contributed by atoms with Crippen LogP contribution in [0, 0.1) is 5.92 Å². The van der Waals surface area contributed by atoms with Gasteiger partial charge in [0.25, 0.3) is 0 Å². The van der Waals surface area contributed by atoms with E-state index in [4.69, 9.17) is 9.26 Å². The second-order valence-electron chi connectivity index (χ2n) is 4.19. The molecular weight excluding hydrogens is 251 g/mol. The summed E-state index contributed by atoms with van der Waals surface area (Å²) in [7, 11) is -1.75. The SMILES string of the molecule is CO[C@@H]1[C@H](O)[C@@H](O)[C@H](C)C[C@H]1OP(=O)(O)OC. The molecule has 102 valence electrons. The molecule has 0 aromatic carbocycles. The van der Waals surface area contributed by atoms with E-state index in [2.05, 4.69) is 4.52 Å². The van der Waals surface area contributed by atoms with E-state index in [1.807, 2.05) is 0 Å². The quantitative estimate of drug-likeness (QED) is 0.612. The number of aliphatic hydroxyl groups excluding tert-OH is 2. The molecule has 6 atom stereocenters. The summed E-state index contributed by atoms with van der Waals surface area (Å²) in [5, 5.41) is 19.5. The monoisotopic (exact) mass is 270 g/mol. The van der Waals surface area contributed by atoms with Gasteiger partial charge in [0.05, 0.1) is 12.2 Å². The minimum absolute atomic E-state index is 0.266. The fraction of sp³-hybridized carbons (Fsp3) is 1.00. The highest BCUT2D eigenvalue weighted by atomic mass is 31.2. The van der Waals surface area contributed by atoms with Gasteiger partial charge >= 0.3 is 7.82 Å². The van der Waals surface area contributed by atoms with Crippen LogP contribution in [-0.2, 0) is 18.3 Å². The van der Waals surface area contributed by atoms with Crippen molar-refractivity contribution in [3.05, 3.63) is 0 Å². The van der Waals surface area contributed by atoms with Gasteiger partial charge in [-0.1, -0.05) is 6.92 Å². The van der Waals surface area contributed by atoms with Gasteiger partial charge in [0.1, 0.15) is 12.2 Å². The van der Waals surface area contributed by atoms with Crippen molar-refractivity contribution in [1.82, 2.24) is 0 Å². The number of hydrogen-bond donors (Lipinski definition) is 3. The van der Waals surface area contributed by atoms with Crippen molar-refractivity contribution in [2.24, 2.45) is 5.92 Å². The third kappa shape index (κ3) is 3.48. The first-order chi connectivity index (χ1) is 7.82. The first kappa shape index (κ1) is 15.0. The number of rotatable bonds is 4.